The molecule has 8 heteroatoms. The average molecular weight is 274 g/mol. The summed E-state index contributed by atoms with van der Waals surface area (Å²) < 4.78 is 0. The molecular weight excluding hydrogens is 266 g/mol. The third kappa shape index (κ3) is 1.61. The van der Waals surface area contributed by atoms with Crippen LogP contribution in [-0.4, -0.2) is 48.3 Å². The van der Waals surface area contributed by atoms with Gasteiger partial charge in [0.2, 0.25) is 0 Å². The van der Waals surface area contributed by atoms with Crippen LogP contribution in [0.25, 0.3) is 0 Å². The van der Waals surface area contributed by atoms with Crippen molar-refractivity contribution in [3.63, 3.8) is 0 Å². The van der Waals surface area contributed by atoms with Crippen LogP contribution < -0.4 is 0 Å². The van der Waals surface area contributed by atoms with E-state index in [2.05, 4.69) is 0 Å². The van der Waals surface area contributed by atoms with E-state index in [0.717, 1.165) is 0 Å². The van der Waals surface area contributed by atoms with Crippen LogP contribution >= 0.6 is 11.6 Å². The fourth-order valence-corrected chi connectivity index (χ4v) is 1.70. The lowest BCUT2D eigenvalue weighted by Crippen LogP contribution is -2.64. The second kappa shape index (κ2) is 3.74. The SMILES string of the molecule is O=C1c2ccccc2C(=O)N1C(O)(O)C(O)(O)Cl. The van der Waals surface area contributed by atoms with Gasteiger partial charge in [-0.1, -0.05) is 12.1 Å². The van der Waals surface area contributed by atoms with Crippen LogP contribution in [0.15, 0.2) is 24.3 Å². The van der Waals surface area contributed by atoms with E-state index in [9.17, 15) is 19.8 Å². The predicted molar refractivity (Wildman–Crippen MR) is 57.1 cm³/mol. The minimum absolute atomic E-state index is 0.0871. The smallest absolute Gasteiger partial charge is 0.329 e. The predicted octanol–water partition coefficient (Wildman–Crippen LogP) is -1.20. The molecule has 1 aliphatic rings. The first-order valence-corrected chi connectivity index (χ1v) is 5.12. The van der Waals surface area contributed by atoms with E-state index in [1.807, 2.05) is 0 Å². The molecule has 0 saturated heterocycles. The Hall–Kier alpha value is -1.51. The van der Waals surface area contributed by atoms with Gasteiger partial charge in [-0.15, -0.1) is 0 Å². The summed E-state index contributed by atoms with van der Waals surface area (Å²) in [6.45, 7) is 0. The van der Waals surface area contributed by atoms with Gasteiger partial charge in [0.05, 0.1) is 11.1 Å². The van der Waals surface area contributed by atoms with E-state index in [0.29, 0.717) is 0 Å². The minimum atomic E-state index is -3.65. The van der Waals surface area contributed by atoms with Gasteiger partial charge >= 0.3 is 11.2 Å². The topological polar surface area (TPSA) is 118 Å². The van der Waals surface area contributed by atoms with Crippen LogP contribution in [0.3, 0.4) is 0 Å². The molecule has 0 aromatic heterocycles. The monoisotopic (exact) mass is 273 g/mol. The van der Waals surface area contributed by atoms with Gasteiger partial charge in [0.15, 0.2) is 0 Å². The number of aliphatic hydroxyl groups is 4. The molecule has 0 radical (unpaired) electrons. The van der Waals surface area contributed by atoms with Crippen LogP contribution in [0.5, 0.6) is 0 Å². The number of carbonyl (C=O) groups excluding carboxylic acids is 2. The van der Waals surface area contributed by atoms with Crippen molar-refractivity contribution < 1.29 is 30.0 Å². The molecule has 0 saturated carbocycles. The minimum Gasteiger partial charge on any atom is -0.347 e. The number of hydrogen-bond acceptors (Lipinski definition) is 6. The van der Waals surface area contributed by atoms with Gasteiger partial charge < -0.3 is 20.4 Å². The van der Waals surface area contributed by atoms with E-state index in [4.69, 9.17) is 21.8 Å². The summed E-state index contributed by atoms with van der Waals surface area (Å²) in [5, 5.41) is 33.3. The molecule has 1 heterocycles. The first-order valence-electron chi connectivity index (χ1n) is 4.74. The summed E-state index contributed by atoms with van der Waals surface area (Å²) in [6, 6.07) is 5.51. The highest BCUT2D eigenvalue weighted by Gasteiger charge is 2.58. The highest BCUT2D eigenvalue weighted by atomic mass is 35.5. The Morgan fingerprint density at radius 1 is 0.944 bits per heavy atom. The third-order valence-corrected chi connectivity index (χ3v) is 2.79. The zero-order valence-corrected chi connectivity index (χ0v) is 9.50. The molecule has 1 aromatic rings. The van der Waals surface area contributed by atoms with E-state index in [-0.39, 0.29) is 16.0 Å². The van der Waals surface area contributed by atoms with Gasteiger partial charge in [0.1, 0.15) is 0 Å². The summed E-state index contributed by atoms with van der Waals surface area (Å²) in [7, 11) is 0. The molecule has 1 aromatic carbocycles. The van der Waals surface area contributed by atoms with Crippen LogP contribution in [-0.2, 0) is 0 Å². The average Bonchev–Trinajstić information content (AvgIpc) is 2.51. The summed E-state index contributed by atoms with van der Waals surface area (Å²) in [4.78, 5) is 23.5. The van der Waals surface area contributed by atoms with Gasteiger partial charge in [-0.25, -0.2) is 4.90 Å². The number of fused-ring (bicyclic) bond motifs is 1. The molecule has 4 N–H and O–H groups in total. The van der Waals surface area contributed by atoms with Crippen LogP contribution in [0, 0.1) is 0 Å². The summed E-state index contributed by atoms with van der Waals surface area (Å²) >= 11 is 4.94. The Labute approximate surface area is 105 Å². The lowest BCUT2D eigenvalue weighted by atomic mass is 10.1. The maximum atomic E-state index is 11.8. The molecule has 18 heavy (non-hydrogen) atoms. The number of carbonyl (C=O) groups is 2. The van der Waals surface area contributed by atoms with Gasteiger partial charge in [0.25, 0.3) is 11.8 Å². The number of halogens is 1. The lowest BCUT2D eigenvalue weighted by molar-refractivity contribution is -0.355. The molecule has 0 aliphatic carbocycles. The highest BCUT2D eigenvalue weighted by molar-refractivity contribution is 6.25. The molecule has 96 valence electrons. The van der Waals surface area contributed by atoms with Crippen molar-refractivity contribution in [2.24, 2.45) is 0 Å². The maximum Gasteiger partial charge on any atom is 0.329 e. The highest BCUT2D eigenvalue weighted by Crippen LogP contribution is 2.33. The number of imide groups is 1. The van der Waals surface area contributed by atoms with E-state index in [1.54, 1.807) is 0 Å². The molecule has 0 atom stereocenters. The summed E-state index contributed by atoms with van der Waals surface area (Å²) in [6.07, 6.45) is 0. The third-order valence-electron chi connectivity index (χ3n) is 2.53. The largest absolute Gasteiger partial charge is 0.347 e. The molecule has 7 nitrogen and oxygen atoms in total. The van der Waals surface area contributed by atoms with Crippen LogP contribution in [0.4, 0.5) is 0 Å². The number of nitrogens with zero attached hydrogens (tertiary/aromatic N) is 1. The number of benzene rings is 1. The normalized spacial score (nSPS) is 16.2. The molecule has 0 bridgehead atoms. The maximum absolute atomic E-state index is 11.8. The first kappa shape index (κ1) is 12.9. The molecule has 0 fully saturated rings. The van der Waals surface area contributed by atoms with Crippen molar-refractivity contribution in [2.45, 2.75) is 11.2 Å². The number of amides is 2. The Balaban J connectivity index is 2.53. The van der Waals surface area contributed by atoms with Crippen LogP contribution in [0.2, 0.25) is 0 Å². The number of alkyl halides is 1. The Morgan fingerprint density at radius 3 is 1.67 bits per heavy atom. The van der Waals surface area contributed by atoms with Crippen LogP contribution in [0.1, 0.15) is 20.7 Å². The van der Waals surface area contributed by atoms with Crippen molar-refractivity contribution in [3.05, 3.63) is 35.4 Å². The molecule has 2 rings (SSSR count). The van der Waals surface area contributed by atoms with Crippen molar-refractivity contribution in [3.8, 4) is 0 Å². The van der Waals surface area contributed by atoms with Gasteiger partial charge in [-0.3, -0.25) is 9.59 Å². The molecule has 1 aliphatic heterocycles. The van der Waals surface area contributed by atoms with Gasteiger partial charge in [0, 0.05) is 0 Å². The number of hydrogen-bond donors (Lipinski definition) is 4. The van der Waals surface area contributed by atoms with E-state index >= 15 is 0 Å². The summed E-state index contributed by atoms with van der Waals surface area (Å²) in [5.74, 6) is -5.83. The quantitative estimate of drug-likeness (QED) is 0.305. The standard InChI is InChI=1S/C10H8ClNO6/c11-9(15,16)10(17,18)12-7(13)5-3-1-2-4-6(5)8(12)14/h1-4,15-18H. The van der Waals surface area contributed by atoms with Crippen molar-refractivity contribution >= 4 is 23.4 Å². The van der Waals surface area contributed by atoms with Crippen molar-refractivity contribution in [2.75, 3.05) is 0 Å². The Morgan fingerprint density at radius 2 is 1.33 bits per heavy atom. The Bertz CT molecular complexity index is 500. The van der Waals surface area contributed by atoms with Gasteiger partial charge in [-0.2, -0.15) is 0 Å². The molecule has 2 amide bonds. The lowest BCUT2D eigenvalue weighted by Gasteiger charge is -2.35. The molecule has 0 unspecified atom stereocenters. The zero-order valence-electron chi connectivity index (χ0n) is 8.74. The van der Waals surface area contributed by atoms with E-state index < -0.39 is 23.0 Å². The molecule has 0 spiro atoms. The zero-order chi connectivity index (χ0) is 13.7. The summed E-state index contributed by atoms with van der Waals surface area (Å²) in [5.41, 5.74) is -0.174. The number of rotatable bonds is 2. The second-order valence-electron chi connectivity index (χ2n) is 3.71. The Kier molecular flexibility index (Phi) is 2.69. The molecular formula is C10H8ClNO6. The van der Waals surface area contributed by atoms with E-state index in [1.165, 1.54) is 24.3 Å². The van der Waals surface area contributed by atoms with Crippen molar-refractivity contribution in [1.29, 1.82) is 0 Å². The first-order chi connectivity index (χ1) is 8.18. The van der Waals surface area contributed by atoms with Gasteiger partial charge in [-0.05, 0) is 23.7 Å². The van der Waals surface area contributed by atoms with Crippen molar-refractivity contribution in [1.82, 2.24) is 4.90 Å². The fraction of sp³-hybridized carbons (Fsp3) is 0.200. The second-order valence-corrected chi connectivity index (χ2v) is 4.24. The fourth-order valence-electron chi connectivity index (χ4n) is 1.61.